The molecule has 20 heavy (non-hydrogen) atoms. The van der Waals surface area contributed by atoms with Crippen molar-refractivity contribution in [3.8, 4) is 0 Å². The monoisotopic (exact) mass is 286 g/mol. The van der Waals surface area contributed by atoms with Gasteiger partial charge in [0.25, 0.3) is 0 Å². The Labute approximate surface area is 122 Å². The molecule has 5 heteroatoms. The predicted octanol–water partition coefficient (Wildman–Crippen LogP) is 3.15. The molecule has 0 saturated heterocycles. The maximum atomic E-state index is 11.9. The van der Waals surface area contributed by atoms with Crippen molar-refractivity contribution in [1.82, 2.24) is 10.6 Å². The highest BCUT2D eigenvalue weighted by molar-refractivity contribution is 5.86. The lowest BCUT2D eigenvalue weighted by Crippen LogP contribution is -2.56. The number of urea groups is 1. The largest absolute Gasteiger partial charge is 0.480 e. The molecular weight excluding hydrogens is 256 g/mol. The van der Waals surface area contributed by atoms with Gasteiger partial charge in [0.2, 0.25) is 0 Å². The number of aliphatic carboxylic acids is 1. The fourth-order valence-corrected chi connectivity index (χ4v) is 2.22. The number of hydrogen-bond donors (Lipinski definition) is 3. The van der Waals surface area contributed by atoms with Crippen molar-refractivity contribution in [2.24, 2.45) is 5.92 Å². The van der Waals surface area contributed by atoms with Crippen molar-refractivity contribution < 1.29 is 14.7 Å². The third-order valence-corrected chi connectivity index (χ3v) is 4.06. The predicted molar refractivity (Wildman–Crippen MR) is 80.8 cm³/mol. The van der Waals surface area contributed by atoms with Gasteiger partial charge in [0.1, 0.15) is 5.54 Å². The molecule has 0 aliphatic carbocycles. The van der Waals surface area contributed by atoms with Gasteiger partial charge in [-0.3, -0.25) is 0 Å². The van der Waals surface area contributed by atoms with Gasteiger partial charge in [-0.25, -0.2) is 9.59 Å². The summed E-state index contributed by atoms with van der Waals surface area (Å²) in [7, 11) is 0. The lowest BCUT2D eigenvalue weighted by molar-refractivity contribution is -0.144. The van der Waals surface area contributed by atoms with Crippen LogP contribution in [0.25, 0.3) is 0 Å². The second-order valence-corrected chi connectivity index (χ2v) is 5.35. The van der Waals surface area contributed by atoms with Gasteiger partial charge in [-0.05, 0) is 25.2 Å². The van der Waals surface area contributed by atoms with Gasteiger partial charge in [-0.1, -0.05) is 47.0 Å². The van der Waals surface area contributed by atoms with Crippen LogP contribution in [-0.4, -0.2) is 29.2 Å². The molecule has 1 atom stereocenters. The fourth-order valence-electron chi connectivity index (χ4n) is 2.22. The first-order chi connectivity index (χ1) is 9.45. The van der Waals surface area contributed by atoms with E-state index in [4.69, 9.17) is 0 Å². The van der Waals surface area contributed by atoms with Crippen LogP contribution >= 0.6 is 0 Å². The van der Waals surface area contributed by atoms with Crippen molar-refractivity contribution in [2.75, 3.05) is 6.54 Å². The van der Waals surface area contributed by atoms with Gasteiger partial charge in [-0.15, -0.1) is 0 Å². The lowest BCUT2D eigenvalue weighted by Gasteiger charge is -2.28. The van der Waals surface area contributed by atoms with Gasteiger partial charge in [0, 0.05) is 6.54 Å². The molecule has 1 unspecified atom stereocenters. The molecule has 0 aromatic rings. The highest BCUT2D eigenvalue weighted by Crippen LogP contribution is 2.15. The Bertz CT molecular complexity index is 301. The molecule has 3 N–H and O–H groups in total. The van der Waals surface area contributed by atoms with Crippen LogP contribution in [0, 0.1) is 5.92 Å². The minimum Gasteiger partial charge on any atom is -0.480 e. The normalized spacial score (nSPS) is 12.8. The van der Waals surface area contributed by atoms with E-state index in [0.717, 1.165) is 25.7 Å². The van der Waals surface area contributed by atoms with Gasteiger partial charge >= 0.3 is 12.0 Å². The highest BCUT2D eigenvalue weighted by atomic mass is 16.4. The molecule has 0 aromatic heterocycles. The summed E-state index contributed by atoms with van der Waals surface area (Å²) in [6, 6.07) is -0.383. The number of rotatable bonds is 10. The van der Waals surface area contributed by atoms with E-state index in [1.165, 1.54) is 0 Å². The molecule has 118 valence electrons. The van der Waals surface area contributed by atoms with E-state index in [1.54, 1.807) is 13.8 Å². The van der Waals surface area contributed by atoms with E-state index in [9.17, 15) is 14.7 Å². The Morgan fingerprint density at radius 3 is 2.15 bits per heavy atom. The number of hydrogen-bond acceptors (Lipinski definition) is 2. The van der Waals surface area contributed by atoms with E-state index in [1.807, 2.05) is 0 Å². The number of carboxylic acids is 1. The van der Waals surface area contributed by atoms with Crippen molar-refractivity contribution in [3.63, 3.8) is 0 Å². The molecule has 0 aliphatic heterocycles. The standard InChI is InChI=1S/C15H30N2O3/c1-5-9-10-12(6-2)11-16-14(20)17-15(7-3,8-4)13(18)19/h12H,5-11H2,1-4H3,(H,18,19)(H2,16,17,20). The van der Waals surface area contributed by atoms with Crippen LogP contribution in [0.1, 0.15) is 66.2 Å². The summed E-state index contributed by atoms with van der Waals surface area (Å²) in [5, 5.41) is 14.7. The zero-order valence-electron chi connectivity index (χ0n) is 13.3. The zero-order valence-corrected chi connectivity index (χ0v) is 13.3. The van der Waals surface area contributed by atoms with Crippen molar-refractivity contribution in [1.29, 1.82) is 0 Å². The second-order valence-electron chi connectivity index (χ2n) is 5.35. The zero-order chi connectivity index (χ0) is 15.6. The topological polar surface area (TPSA) is 78.4 Å². The third-order valence-electron chi connectivity index (χ3n) is 4.06. The Balaban J connectivity index is 4.36. The summed E-state index contributed by atoms with van der Waals surface area (Å²) in [6.07, 6.45) is 5.17. The number of amides is 2. The summed E-state index contributed by atoms with van der Waals surface area (Å²) in [4.78, 5) is 23.2. The van der Waals surface area contributed by atoms with Crippen LogP contribution in [0.2, 0.25) is 0 Å². The number of carboxylic acid groups (broad SMARTS) is 1. The van der Waals surface area contributed by atoms with Gasteiger partial charge in [0.15, 0.2) is 0 Å². The minimum atomic E-state index is -1.16. The Morgan fingerprint density at radius 2 is 1.75 bits per heavy atom. The van der Waals surface area contributed by atoms with Crippen LogP contribution < -0.4 is 10.6 Å². The molecule has 5 nitrogen and oxygen atoms in total. The van der Waals surface area contributed by atoms with E-state index in [0.29, 0.717) is 25.3 Å². The molecule has 0 saturated carbocycles. The molecule has 0 aromatic carbocycles. The summed E-state index contributed by atoms with van der Waals surface area (Å²) in [5.74, 6) is -0.515. The molecular formula is C15H30N2O3. The first kappa shape index (κ1) is 18.7. The van der Waals surface area contributed by atoms with Crippen LogP contribution in [0.4, 0.5) is 4.79 Å². The first-order valence-corrected chi connectivity index (χ1v) is 7.75. The molecule has 0 spiro atoms. The Kier molecular flexibility index (Phi) is 9.01. The van der Waals surface area contributed by atoms with Crippen LogP contribution in [0.15, 0.2) is 0 Å². The summed E-state index contributed by atoms with van der Waals surface area (Å²) >= 11 is 0. The SMILES string of the molecule is CCCCC(CC)CNC(=O)NC(CC)(CC)C(=O)O. The second kappa shape index (κ2) is 9.61. The van der Waals surface area contributed by atoms with E-state index < -0.39 is 11.5 Å². The third kappa shape index (κ3) is 5.80. The minimum absolute atomic E-state index is 0.374. The average molecular weight is 286 g/mol. The molecule has 0 bridgehead atoms. The summed E-state index contributed by atoms with van der Waals surface area (Å²) in [6.45, 7) is 8.41. The molecule has 0 fully saturated rings. The molecule has 0 rings (SSSR count). The quantitative estimate of drug-likeness (QED) is 0.577. The fraction of sp³-hybridized carbons (Fsp3) is 0.867. The van der Waals surface area contributed by atoms with Crippen LogP contribution in [-0.2, 0) is 4.79 Å². The number of nitrogens with one attached hydrogen (secondary N) is 2. The average Bonchev–Trinajstić information content (AvgIpc) is 2.44. The van der Waals surface area contributed by atoms with Gasteiger partial charge < -0.3 is 15.7 Å². The molecule has 0 radical (unpaired) electrons. The van der Waals surface area contributed by atoms with E-state index in [2.05, 4.69) is 24.5 Å². The van der Waals surface area contributed by atoms with E-state index in [-0.39, 0.29) is 6.03 Å². The molecule has 0 heterocycles. The highest BCUT2D eigenvalue weighted by Gasteiger charge is 2.36. The maximum Gasteiger partial charge on any atom is 0.329 e. The van der Waals surface area contributed by atoms with Crippen molar-refractivity contribution in [3.05, 3.63) is 0 Å². The molecule has 2 amide bonds. The Morgan fingerprint density at radius 1 is 1.15 bits per heavy atom. The van der Waals surface area contributed by atoms with Gasteiger partial charge in [0.05, 0.1) is 0 Å². The lowest BCUT2D eigenvalue weighted by atomic mass is 9.93. The first-order valence-electron chi connectivity index (χ1n) is 7.75. The van der Waals surface area contributed by atoms with E-state index >= 15 is 0 Å². The summed E-state index contributed by atoms with van der Waals surface area (Å²) in [5.41, 5.74) is -1.16. The van der Waals surface area contributed by atoms with Crippen molar-refractivity contribution in [2.45, 2.75) is 71.8 Å². The van der Waals surface area contributed by atoms with Crippen LogP contribution in [0.5, 0.6) is 0 Å². The Hall–Kier alpha value is -1.26. The molecule has 0 aliphatic rings. The maximum absolute atomic E-state index is 11.9. The van der Waals surface area contributed by atoms with Crippen LogP contribution in [0.3, 0.4) is 0 Å². The summed E-state index contributed by atoms with van der Waals surface area (Å²) < 4.78 is 0. The van der Waals surface area contributed by atoms with Gasteiger partial charge in [-0.2, -0.15) is 0 Å². The van der Waals surface area contributed by atoms with Crippen molar-refractivity contribution >= 4 is 12.0 Å². The number of unbranched alkanes of at least 4 members (excludes halogenated alkanes) is 1. The smallest absolute Gasteiger partial charge is 0.329 e. The number of carbonyl (C=O) groups is 2. The number of carbonyl (C=O) groups excluding carboxylic acids is 1.